The van der Waals surface area contributed by atoms with Gasteiger partial charge in [0.2, 0.25) is 6.79 Å². The van der Waals surface area contributed by atoms with Crippen molar-refractivity contribution < 1.29 is 23.5 Å². The number of benzene rings is 2. The van der Waals surface area contributed by atoms with Crippen molar-refractivity contribution >= 4 is 40.6 Å². The summed E-state index contributed by atoms with van der Waals surface area (Å²) in [6.45, 7) is 3.99. The lowest BCUT2D eigenvalue weighted by molar-refractivity contribution is -0.123. The zero-order valence-electron chi connectivity index (χ0n) is 17.7. The molecule has 2 aromatic carbocycles. The normalized spacial score (nSPS) is 16.4. The molecule has 0 spiro atoms. The number of thioether (sulfide) groups is 1. The maximum Gasteiger partial charge on any atom is 0.293 e. The maximum atomic E-state index is 13.3. The fourth-order valence-corrected chi connectivity index (χ4v) is 4.99. The first-order valence-electron chi connectivity index (χ1n) is 10.1. The van der Waals surface area contributed by atoms with Crippen LogP contribution in [-0.2, 0) is 11.3 Å². The van der Waals surface area contributed by atoms with Gasteiger partial charge < -0.3 is 14.0 Å². The summed E-state index contributed by atoms with van der Waals surface area (Å²) >= 11 is 7.21. The molecule has 3 heterocycles. The highest BCUT2D eigenvalue weighted by molar-refractivity contribution is 8.18. The summed E-state index contributed by atoms with van der Waals surface area (Å²) in [5.74, 6) is 0.377. The molecule has 1 fully saturated rings. The first-order valence-corrected chi connectivity index (χ1v) is 11.3. The van der Waals surface area contributed by atoms with Gasteiger partial charge in [-0.25, -0.2) is 4.39 Å². The van der Waals surface area contributed by atoms with E-state index in [0.717, 1.165) is 34.4 Å². The zero-order chi connectivity index (χ0) is 23.3. The van der Waals surface area contributed by atoms with E-state index >= 15 is 0 Å². The number of fused-ring (bicyclic) bond motifs is 1. The predicted molar refractivity (Wildman–Crippen MR) is 124 cm³/mol. The number of halogens is 2. The summed E-state index contributed by atoms with van der Waals surface area (Å²) in [5.41, 5.74) is 4.03. The molecule has 0 unspecified atom stereocenters. The number of nitrogens with zero attached hydrogens (tertiary/aromatic N) is 2. The predicted octanol–water partition coefficient (Wildman–Crippen LogP) is 5.85. The van der Waals surface area contributed by atoms with E-state index in [2.05, 4.69) is 0 Å². The number of carbonyl (C=O) groups is 2. The van der Waals surface area contributed by atoms with Crippen LogP contribution in [0.15, 0.2) is 47.4 Å². The largest absolute Gasteiger partial charge is 0.454 e. The number of aromatic nitrogens is 1. The van der Waals surface area contributed by atoms with Crippen molar-refractivity contribution in [1.29, 1.82) is 0 Å². The van der Waals surface area contributed by atoms with E-state index in [-0.39, 0.29) is 30.3 Å². The molecule has 2 aliphatic heterocycles. The van der Waals surface area contributed by atoms with Gasteiger partial charge in [0, 0.05) is 28.2 Å². The van der Waals surface area contributed by atoms with E-state index in [1.165, 1.54) is 17.0 Å². The van der Waals surface area contributed by atoms with Gasteiger partial charge in [0.1, 0.15) is 5.82 Å². The molecule has 0 bridgehead atoms. The minimum Gasteiger partial charge on any atom is -0.454 e. The van der Waals surface area contributed by atoms with Crippen LogP contribution >= 0.6 is 23.4 Å². The van der Waals surface area contributed by atoms with Gasteiger partial charge >= 0.3 is 0 Å². The van der Waals surface area contributed by atoms with E-state index in [0.29, 0.717) is 27.0 Å². The van der Waals surface area contributed by atoms with E-state index in [1.807, 2.05) is 24.5 Å². The highest BCUT2D eigenvalue weighted by Crippen LogP contribution is 2.39. The Kier molecular flexibility index (Phi) is 5.42. The van der Waals surface area contributed by atoms with Crippen LogP contribution in [0.2, 0.25) is 5.02 Å². The molecular weight excluding hydrogens is 467 g/mol. The summed E-state index contributed by atoms with van der Waals surface area (Å²) in [6.07, 6.45) is 1.72. The Morgan fingerprint density at radius 3 is 2.52 bits per heavy atom. The Balaban J connectivity index is 1.42. The van der Waals surface area contributed by atoms with Crippen LogP contribution in [0, 0.1) is 19.7 Å². The van der Waals surface area contributed by atoms with E-state index in [4.69, 9.17) is 21.1 Å². The molecule has 0 aliphatic carbocycles. The van der Waals surface area contributed by atoms with Crippen molar-refractivity contribution in [2.75, 3.05) is 6.79 Å². The zero-order valence-corrected chi connectivity index (χ0v) is 19.3. The Bertz CT molecular complexity index is 1330. The van der Waals surface area contributed by atoms with Gasteiger partial charge in [-0.2, -0.15) is 0 Å². The van der Waals surface area contributed by atoms with E-state index in [1.54, 1.807) is 30.3 Å². The summed E-state index contributed by atoms with van der Waals surface area (Å²) in [7, 11) is 0. The number of ether oxygens (including phenoxy) is 2. The van der Waals surface area contributed by atoms with Crippen molar-refractivity contribution in [2.45, 2.75) is 20.4 Å². The Morgan fingerprint density at radius 2 is 1.79 bits per heavy atom. The Hall–Kier alpha value is -3.23. The molecular formula is C24H18ClFN2O4S. The second-order valence-corrected chi connectivity index (χ2v) is 9.10. The Labute approximate surface area is 198 Å². The number of amides is 2. The molecule has 168 valence electrons. The van der Waals surface area contributed by atoms with Crippen molar-refractivity contribution in [3.05, 3.63) is 80.7 Å². The number of rotatable bonds is 4. The fourth-order valence-electron chi connectivity index (χ4n) is 3.95. The first kappa shape index (κ1) is 21.6. The second kappa shape index (κ2) is 8.28. The summed E-state index contributed by atoms with van der Waals surface area (Å²) in [4.78, 5) is 27.2. The average Bonchev–Trinajstić information content (AvgIpc) is 3.42. The van der Waals surface area contributed by atoms with Crippen molar-refractivity contribution in [1.82, 2.24) is 9.47 Å². The third-order valence-corrected chi connectivity index (χ3v) is 6.84. The molecule has 1 aromatic heterocycles. The number of hydrogen-bond acceptors (Lipinski definition) is 5. The van der Waals surface area contributed by atoms with Crippen LogP contribution in [0.1, 0.15) is 22.5 Å². The van der Waals surface area contributed by atoms with Gasteiger partial charge in [-0.1, -0.05) is 11.6 Å². The lowest BCUT2D eigenvalue weighted by Crippen LogP contribution is -2.27. The van der Waals surface area contributed by atoms with Crippen molar-refractivity contribution in [2.24, 2.45) is 0 Å². The first-order chi connectivity index (χ1) is 15.8. The molecule has 5 rings (SSSR count). The van der Waals surface area contributed by atoms with Gasteiger partial charge in [-0.05, 0) is 79.2 Å². The van der Waals surface area contributed by atoms with Crippen LogP contribution in [0.5, 0.6) is 11.5 Å². The topological polar surface area (TPSA) is 60.8 Å². The summed E-state index contributed by atoms with van der Waals surface area (Å²) in [6, 6.07) is 11.4. The monoisotopic (exact) mass is 484 g/mol. The lowest BCUT2D eigenvalue weighted by Gasteiger charge is -2.14. The number of imide groups is 1. The van der Waals surface area contributed by atoms with Gasteiger partial charge in [-0.15, -0.1) is 0 Å². The minimum absolute atomic E-state index is 0.0338. The number of carbonyl (C=O) groups excluding carboxylic acids is 2. The number of hydrogen-bond donors (Lipinski definition) is 0. The van der Waals surface area contributed by atoms with Crippen molar-refractivity contribution in [3.63, 3.8) is 0 Å². The fraction of sp³-hybridized carbons (Fsp3) is 0.167. The molecule has 0 atom stereocenters. The van der Waals surface area contributed by atoms with Gasteiger partial charge in [0.15, 0.2) is 11.5 Å². The van der Waals surface area contributed by atoms with Gasteiger partial charge in [-0.3, -0.25) is 14.5 Å². The van der Waals surface area contributed by atoms with Crippen LogP contribution in [-0.4, -0.2) is 27.4 Å². The smallest absolute Gasteiger partial charge is 0.293 e. The molecule has 0 N–H and O–H groups in total. The quantitative estimate of drug-likeness (QED) is 0.434. The molecule has 0 saturated carbocycles. The van der Waals surface area contributed by atoms with Gasteiger partial charge in [0.05, 0.1) is 11.4 Å². The average molecular weight is 485 g/mol. The lowest BCUT2D eigenvalue weighted by atomic mass is 10.2. The third-order valence-electron chi connectivity index (χ3n) is 5.59. The van der Waals surface area contributed by atoms with Crippen LogP contribution in [0.25, 0.3) is 11.8 Å². The summed E-state index contributed by atoms with van der Waals surface area (Å²) < 4.78 is 26.0. The van der Waals surface area contributed by atoms with E-state index in [9.17, 15) is 14.0 Å². The van der Waals surface area contributed by atoms with Crippen LogP contribution in [0.3, 0.4) is 0 Å². The second-order valence-electron chi connectivity index (χ2n) is 7.70. The maximum absolute atomic E-state index is 13.3. The summed E-state index contributed by atoms with van der Waals surface area (Å²) in [5, 5.41) is 0.0254. The van der Waals surface area contributed by atoms with Crippen molar-refractivity contribution in [3.8, 4) is 17.2 Å². The molecule has 0 radical (unpaired) electrons. The highest BCUT2D eigenvalue weighted by Gasteiger charge is 2.36. The standard InChI is InChI=1S/C24H18ClFN2O4S/c1-13-7-15(14(2)28(13)18-5-3-17(26)4-6-18)9-22-23(29)27(24(30)33-22)11-16-8-20-21(10-19(16)25)32-12-31-20/h3-10H,11-12H2,1-2H3/b22-9-. The minimum atomic E-state index is -0.384. The third kappa shape index (κ3) is 3.89. The molecule has 9 heteroatoms. The molecule has 2 amide bonds. The molecule has 6 nitrogen and oxygen atoms in total. The molecule has 33 heavy (non-hydrogen) atoms. The van der Waals surface area contributed by atoms with Crippen LogP contribution in [0.4, 0.5) is 9.18 Å². The highest BCUT2D eigenvalue weighted by atomic mass is 35.5. The van der Waals surface area contributed by atoms with E-state index < -0.39 is 0 Å². The van der Waals surface area contributed by atoms with Crippen LogP contribution < -0.4 is 9.47 Å². The SMILES string of the molecule is Cc1cc(/C=C2\SC(=O)N(Cc3cc4c(cc3Cl)OCO4)C2=O)c(C)n1-c1ccc(F)cc1. The molecule has 1 saturated heterocycles. The Morgan fingerprint density at radius 1 is 1.09 bits per heavy atom. The van der Waals surface area contributed by atoms with Gasteiger partial charge in [0.25, 0.3) is 11.1 Å². The molecule has 3 aromatic rings. The number of aryl methyl sites for hydroxylation is 1. The molecule has 2 aliphatic rings.